The van der Waals surface area contributed by atoms with Crippen molar-refractivity contribution in [3.63, 3.8) is 0 Å². The first-order valence-corrected chi connectivity index (χ1v) is 13.1. The molecule has 0 radical (unpaired) electrons. The zero-order chi connectivity index (χ0) is 25.1. The summed E-state index contributed by atoms with van der Waals surface area (Å²) in [7, 11) is 0. The van der Waals surface area contributed by atoms with Crippen LogP contribution in [0.4, 0.5) is 0 Å². The lowest BCUT2D eigenvalue weighted by atomic mass is 10.1. The molecule has 0 aromatic heterocycles. The van der Waals surface area contributed by atoms with Crippen molar-refractivity contribution in [1.82, 2.24) is 4.90 Å². The normalized spacial score (nSPS) is 19.7. The van der Waals surface area contributed by atoms with Gasteiger partial charge in [0.1, 0.15) is 6.10 Å². The Morgan fingerprint density at radius 2 is 1.00 bits per heavy atom. The Morgan fingerprint density at radius 3 is 1.54 bits per heavy atom. The van der Waals surface area contributed by atoms with E-state index >= 15 is 0 Å². The van der Waals surface area contributed by atoms with Gasteiger partial charge in [-0.2, -0.15) is 0 Å². The second-order valence-corrected chi connectivity index (χ2v) is 9.58. The van der Waals surface area contributed by atoms with Gasteiger partial charge in [0, 0.05) is 13.1 Å². The Morgan fingerprint density at radius 1 is 0.541 bits per heavy atom. The summed E-state index contributed by atoms with van der Waals surface area (Å²) in [5.41, 5.74) is 4.78. The van der Waals surface area contributed by atoms with E-state index in [2.05, 4.69) is 108 Å². The number of rotatable bonds is 12. The minimum atomic E-state index is -0.108. The van der Waals surface area contributed by atoms with Crippen LogP contribution < -0.4 is 0 Å². The summed E-state index contributed by atoms with van der Waals surface area (Å²) in [4.78, 5) is 2.46. The molecular formula is C33H35NO3. The molecule has 190 valence electrons. The molecule has 1 fully saturated rings. The molecule has 0 bridgehead atoms. The van der Waals surface area contributed by atoms with Crippen LogP contribution in [0, 0.1) is 0 Å². The van der Waals surface area contributed by atoms with E-state index in [-0.39, 0.29) is 18.2 Å². The maximum Gasteiger partial charge on any atom is 0.103 e. The first-order valence-electron chi connectivity index (χ1n) is 13.1. The lowest BCUT2D eigenvalue weighted by molar-refractivity contribution is -0.0819. The van der Waals surface area contributed by atoms with Crippen LogP contribution in [0.3, 0.4) is 0 Å². The smallest absolute Gasteiger partial charge is 0.103 e. The Bertz CT molecular complexity index is 1170. The molecule has 1 saturated heterocycles. The van der Waals surface area contributed by atoms with Gasteiger partial charge in [0.05, 0.1) is 38.6 Å². The van der Waals surface area contributed by atoms with Crippen molar-refractivity contribution in [2.75, 3.05) is 13.2 Å². The average Bonchev–Trinajstić information content (AvgIpc) is 3.28. The van der Waals surface area contributed by atoms with E-state index in [1.54, 1.807) is 0 Å². The minimum Gasteiger partial charge on any atom is -0.375 e. The van der Waals surface area contributed by atoms with Crippen molar-refractivity contribution < 1.29 is 14.2 Å². The summed E-state index contributed by atoms with van der Waals surface area (Å²) >= 11 is 0. The molecule has 0 unspecified atom stereocenters. The third-order valence-electron chi connectivity index (χ3n) is 6.85. The third-order valence-corrected chi connectivity index (χ3v) is 6.85. The molecule has 1 aliphatic heterocycles. The highest BCUT2D eigenvalue weighted by Crippen LogP contribution is 2.28. The quantitative estimate of drug-likeness (QED) is 0.233. The lowest BCUT2D eigenvalue weighted by Gasteiger charge is -2.28. The maximum absolute atomic E-state index is 6.63. The van der Waals surface area contributed by atoms with Crippen molar-refractivity contribution >= 4 is 0 Å². The predicted octanol–water partition coefficient (Wildman–Crippen LogP) is 6.26. The average molecular weight is 494 g/mol. The van der Waals surface area contributed by atoms with Crippen LogP contribution in [0.1, 0.15) is 22.3 Å². The number of hydrogen-bond donors (Lipinski definition) is 0. The summed E-state index contributed by atoms with van der Waals surface area (Å²) < 4.78 is 19.4. The zero-order valence-electron chi connectivity index (χ0n) is 21.2. The summed E-state index contributed by atoms with van der Waals surface area (Å²) in [6, 6.07) is 41.8. The van der Waals surface area contributed by atoms with E-state index in [1.165, 1.54) is 16.7 Å². The molecule has 4 aromatic rings. The van der Waals surface area contributed by atoms with Crippen molar-refractivity contribution in [2.45, 2.75) is 44.6 Å². The molecule has 0 N–H and O–H groups in total. The van der Waals surface area contributed by atoms with Crippen molar-refractivity contribution in [2.24, 2.45) is 0 Å². The molecule has 4 nitrogen and oxygen atoms in total. The van der Waals surface area contributed by atoms with Gasteiger partial charge in [-0.1, -0.05) is 121 Å². The Hall–Kier alpha value is -3.28. The molecule has 0 spiro atoms. The van der Waals surface area contributed by atoms with Gasteiger partial charge in [0.15, 0.2) is 0 Å². The largest absolute Gasteiger partial charge is 0.375 e. The van der Waals surface area contributed by atoms with Crippen molar-refractivity contribution in [3.8, 4) is 0 Å². The summed E-state index contributed by atoms with van der Waals surface area (Å²) in [6.45, 7) is 3.89. The van der Waals surface area contributed by atoms with Gasteiger partial charge >= 0.3 is 0 Å². The highest BCUT2D eigenvalue weighted by molar-refractivity contribution is 5.17. The zero-order valence-corrected chi connectivity index (χ0v) is 21.2. The minimum absolute atomic E-state index is 0.0574. The summed E-state index contributed by atoms with van der Waals surface area (Å²) in [6.07, 6.45) is -0.165. The van der Waals surface area contributed by atoms with Crippen LogP contribution in [-0.2, 0) is 40.6 Å². The molecule has 1 aliphatic rings. The number of nitrogens with zero attached hydrogens (tertiary/aromatic N) is 1. The van der Waals surface area contributed by atoms with Crippen LogP contribution in [0.15, 0.2) is 121 Å². The van der Waals surface area contributed by atoms with E-state index in [9.17, 15) is 0 Å². The second-order valence-electron chi connectivity index (χ2n) is 9.58. The molecule has 37 heavy (non-hydrogen) atoms. The molecular weight excluding hydrogens is 458 g/mol. The van der Waals surface area contributed by atoms with Crippen molar-refractivity contribution in [1.29, 1.82) is 0 Å². The van der Waals surface area contributed by atoms with E-state index in [0.717, 1.165) is 18.7 Å². The first kappa shape index (κ1) is 25.4. The maximum atomic E-state index is 6.63. The van der Waals surface area contributed by atoms with E-state index in [0.29, 0.717) is 26.4 Å². The molecule has 0 saturated carbocycles. The SMILES string of the molecule is c1ccc(COC[C@H]2[C@@H](OCc3ccccc3)[C@H](OCc3ccccc3)CN2Cc2ccccc2)cc1. The molecule has 1 heterocycles. The van der Waals surface area contributed by atoms with E-state index < -0.39 is 0 Å². The van der Waals surface area contributed by atoms with Gasteiger partial charge in [0.2, 0.25) is 0 Å². The van der Waals surface area contributed by atoms with Crippen LogP contribution in [0.2, 0.25) is 0 Å². The van der Waals surface area contributed by atoms with E-state index in [4.69, 9.17) is 14.2 Å². The van der Waals surface area contributed by atoms with Gasteiger partial charge in [-0.05, 0) is 22.3 Å². The standard InChI is InChI=1S/C33H35NO3/c1-5-13-27(14-6-1)21-34-22-32(36-24-29-17-9-3-10-18-29)33(37-25-30-19-11-4-12-20-30)31(34)26-35-23-28-15-7-2-8-16-28/h1-20,31-33H,21-26H2/t31-,32+,33+/m0/s1. The van der Waals surface area contributed by atoms with Crippen LogP contribution in [-0.4, -0.2) is 36.3 Å². The van der Waals surface area contributed by atoms with Gasteiger partial charge < -0.3 is 14.2 Å². The lowest BCUT2D eigenvalue weighted by Crippen LogP contribution is -2.41. The van der Waals surface area contributed by atoms with Crippen LogP contribution in [0.5, 0.6) is 0 Å². The highest BCUT2D eigenvalue weighted by atomic mass is 16.5. The number of hydrogen-bond acceptors (Lipinski definition) is 4. The van der Waals surface area contributed by atoms with Gasteiger partial charge in [0.25, 0.3) is 0 Å². The van der Waals surface area contributed by atoms with Gasteiger partial charge in [-0.25, -0.2) is 0 Å². The highest BCUT2D eigenvalue weighted by Gasteiger charge is 2.43. The first-order chi connectivity index (χ1) is 18.3. The van der Waals surface area contributed by atoms with Gasteiger partial charge in [-0.3, -0.25) is 4.90 Å². The van der Waals surface area contributed by atoms with Gasteiger partial charge in [-0.15, -0.1) is 0 Å². The summed E-state index contributed by atoms with van der Waals surface area (Å²) in [5, 5.41) is 0. The molecule has 5 rings (SSSR count). The number of benzene rings is 4. The Kier molecular flexibility index (Phi) is 9.13. The van der Waals surface area contributed by atoms with Crippen LogP contribution >= 0.6 is 0 Å². The van der Waals surface area contributed by atoms with Crippen LogP contribution in [0.25, 0.3) is 0 Å². The Labute approximate surface area is 220 Å². The molecule has 0 amide bonds. The third kappa shape index (κ3) is 7.37. The van der Waals surface area contributed by atoms with Crippen molar-refractivity contribution in [3.05, 3.63) is 144 Å². The fourth-order valence-corrected chi connectivity index (χ4v) is 4.91. The molecule has 3 atom stereocenters. The number of ether oxygens (including phenoxy) is 3. The molecule has 4 aromatic carbocycles. The predicted molar refractivity (Wildman–Crippen MR) is 147 cm³/mol. The topological polar surface area (TPSA) is 30.9 Å². The second kappa shape index (κ2) is 13.3. The Balaban J connectivity index is 1.33. The summed E-state index contributed by atoms with van der Waals surface area (Å²) in [5.74, 6) is 0. The fraction of sp³-hybridized carbons (Fsp3) is 0.273. The number of likely N-dealkylation sites (tertiary alicyclic amines) is 1. The molecule has 4 heteroatoms. The monoisotopic (exact) mass is 493 g/mol. The van der Waals surface area contributed by atoms with E-state index in [1.807, 2.05) is 18.2 Å². The fourth-order valence-electron chi connectivity index (χ4n) is 4.91. The molecule has 0 aliphatic carbocycles.